The van der Waals surface area contributed by atoms with Crippen molar-refractivity contribution in [3.05, 3.63) is 83.6 Å². The lowest BCUT2D eigenvalue weighted by atomic mass is 9.91. The second-order valence-electron chi connectivity index (χ2n) is 7.83. The lowest BCUT2D eigenvalue weighted by Crippen LogP contribution is -2.59. The molecule has 0 aliphatic carbocycles. The van der Waals surface area contributed by atoms with Crippen LogP contribution in [0.15, 0.2) is 60.9 Å². The molecule has 2 amide bonds. The number of hydroxylamine groups is 1. The summed E-state index contributed by atoms with van der Waals surface area (Å²) in [6, 6.07) is 9.17. The number of alkyl halides is 3. The first-order valence-corrected chi connectivity index (χ1v) is 10.6. The summed E-state index contributed by atoms with van der Waals surface area (Å²) in [5.41, 5.74) is 2.08. The van der Waals surface area contributed by atoms with E-state index in [1.807, 2.05) is 0 Å². The lowest BCUT2D eigenvalue weighted by Gasteiger charge is -2.39. The van der Waals surface area contributed by atoms with Gasteiger partial charge in [-0.25, -0.2) is 19.7 Å². The van der Waals surface area contributed by atoms with Crippen LogP contribution in [0, 0.1) is 12.7 Å². The first-order valence-electron chi connectivity index (χ1n) is 10.6. The van der Waals surface area contributed by atoms with Crippen molar-refractivity contribution in [2.45, 2.75) is 38.7 Å². The molecule has 0 aliphatic heterocycles. The number of benzene rings is 1. The molecule has 2 atom stereocenters. The first-order chi connectivity index (χ1) is 16.9. The number of aryl methyl sites for hydroxylation is 1. The van der Waals surface area contributed by atoms with Crippen LogP contribution in [0.3, 0.4) is 0 Å². The molecule has 0 aliphatic rings. The topological polar surface area (TPSA) is 102 Å². The third-order valence-corrected chi connectivity index (χ3v) is 5.05. The second kappa shape index (κ2) is 10.7. The summed E-state index contributed by atoms with van der Waals surface area (Å²) < 4.78 is 63.0. The van der Waals surface area contributed by atoms with E-state index in [-0.39, 0.29) is 22.7 Å². The minimum Gasteiger partial charge on any atom is -0.451 e. The maximum atomic E-state index is 14.8. The van der Waals surface area contributed by atoms with Gasteiger partial charge in [0.15, 0.2) is 0 Å². The van der Waals surface area contributed by atoms with Gasteiger partial charge in [0.25, 0.3) is 5.91 Å². The number of ether oxygens (including phenoxy) is 1. The van der Waals surface area contributed by atoms with Crippen LogP contribution in [0.1, 0.15) is 41.4 Å². The Morgan fingerprint density at radius 3 is 2.36 bits per heavy atom. The summed E-state index contributed by atoms with van der Waals surface area (Å²) in [5, 5.41) is 2.43. The summed E-state index contributed by atoms with van der Waals surface area (Å²) in [5.74, 6) is -7.64. The molecule has 2 aromatic heterocycles. The van der Waals surface area contributed by atoms with Crippen molar-refractivity contribution in [2.75, 3.05) is 5.32 Å². The highest BCUT2D eigenvalue weighted by atomic mass is 19.4. The average Bonchev–Trinajstić information content (AvgIpc) is 2.81. The highest BCUT2D eigenvalue weighted by Gasteiger charge is 2.64. The minimum atomic E-state index is -5.23. The zero-order chi connectivity index (χ0) is 26.5. The molecule has 0 bridgehead atoms. The lowest BCUT2D eigenvalue weighted by molar-refractivity contribution is -0.372. The number of pyridine rings is 2. The van der Waals surface area contributed by atoms with E-state index in [9.17, 15) is 27.2 Å². The van der Waals surface area contributed by atoms with E-state index in [4.69, 9.17) is 9.57 Å². The quantitative estimate of drug-likeness (QED) is 0.261. The normalized spacial score (nSPS) is 13.9. The van der Waals surface area contributed by atoms with Gasteiger partial charge in [0.1, 0.15) is 17.4 Å². The van der Waals surface area contributed by atoms with Crippen LogP contribution < -0.4 is 15.5 Å². The molecule has 0 saturated carbocycles. The monoisotopic (exact) mass is 506 g/mol. The maximum Gasteiger partial charge on any atom is 0.458 e. The van der Waals surface area contributed by atoms with Crippen molar-refractivity contribution in [1.82, 2.24) is 15.4 Å². The maximum absolute atomic E-state index is 14.8. The van der Waals surface area contributed by atoms with E-state index >= 15 is 0 Å². The van der Waals surface area contributed by atoms with E-state index < -0.39 is 35.5 Å². The van der Waals surface area contributed by atoms with Crippen molar-refractivity contribution in [2.24, 2.45) is 0 Å². The number of carbonyl (C=O) groups is 2. The standard InChI is InChI=1S/C24H22F4N4O4/c1-14-11-18(12-21(30-14)31-16(3)33)15(2)23(24(26,27)28,35-20-8-6-19(25)7-9-20)36-32-22(34)17-5-4-10-29-13-17/h4-13,15H,1-3H3,(H,32,34)(H,30,31,33). The minimum absolute atomic E-state index is 0.0154. The molecule has 12 heteroatoms. The largest absolute Gasteiger partial charge is 0.458 e. The molecule has 1 aromatic carbocycles. The fourth-order valence-electron chi connectivity index (χ4n) is 3.32. The molecule has 3 rings (SSSR count). The van der Waals surface area contributed by atoms with Crippen molar-refractivity contribution in [1.29, 1.82) is 0 Å². The van der Waals surface area contributed by atoms with Gasteiger partial charge in [-0.2, -0.15) is 13.2 Å². The van der Waals surface area contributed by atoms with Gasteiger partial charge < -0.3 is 10.1 Å². The number of anilines is 1. The van der Waals surface area contributed by atoms with Crippen LogP contribution in [0.25, 0.3) is 0 Å². The summed E-state index contributed by atoms with van der Waals surface area (Å²) in [6.07, 6.45) is -2.70. The number of halogens is 4. The molecule has 0 saturated heterocycles. The number of carbonyl (C=O) groups excluding carboxylic acids is 2. The van der Waals surface area contributed by atoms with Crippen molar-refractivity contribution in [3.63, 3.8) is 0 Å². The fraction of sp³-hybridized carbons (Fsp3) is 0.250. The van der Waals surface area contributed by atoms with Crippen LogP contribution in [0.2, 0.25) is 0 Å². The highest BCUT2D eigenvalue weighted by Crippen LogP contribution is 2.45. The van der Waals surface area contributed by atoms with Crippen LogP contribution in [-0.4, -0.2) is 33.7 Å². The molecule has 0 spiro atoms. The molecular weight excluding hydrogens is 484 g/mol. The number of nitrogens with one attached hydrogen (secondary N) is 2. The van der Waals surface area contributed by atoms with E-state index in [2.05, 4.69) is 15.3 Å². The SMILES string of the molecule is CC(=O)Nc1cc(C(C)C(ONC(=O)c2cccnc2)(Oc2ccc(F)cc2)C(F)(F)F)cc(C)n1. The van der Waals surface area contributed by atoms with Crippen LogP contribution in [0.5, 0.6) is 5.75 Å². The Morgan fingerprint density at radius 1 is 1.08 bits per heavy atom. The Kier molecular flexibility index (Phi) is 7.88. The van der Waals surface area contributed by atoms with E-state index in [0.717, 1.165) is 30.5 Å². The Hall–Kier alpha value is -4.06. The van der Waals surface area contributed by atoms with Crippen LogP contribution in [-0.2, 0) is 9.63 Å². The summed E-state index contributed by atoms with van der Waals surface area (Å²) in [7, 11) is 0. The molecule has 2 unspecified atom stereocenters. The number of amides is 2. The second-order valence-corrected chi connectivity index (χ2v) is 7.83. The first kappa shape index (κ1) is 26.5. The molecule has 8 nitrogen and oxygen atoms in total. The zero-order valence-electron chi connectivity index (χ0n) is 19.4. The van der Waals surface area contributed by atoms with Gasteiger partial charge >= 0.3 is 12.0 Å². The highest BCUT2D eigenvalue weighted by molar-refractivity contribution is 5.93. The summed E-state index contributed by atoms with van der Waals surface area (Å²) >= 11 is 0. The molecule has 2 heterocycles. The van der Waals surface area contributed by atoms with E-state index in [1.54, 1.807) is 5.48 Å². The van der Waals surface area contributed by atoms with Gasteiger partial charge in [-0.05, 0) is 61.0 Å². The zero-order valence-corrected chi connectivity index (χ0v) is 19.4. The third-order valence-electron chi connectivity index (χ3n) is 5.05. The van der Waals surface area contributed by atoms with Gasteiger partial charge in [0.05, 0.1) is 11.5 Å². The molecule has 36 heavy (non-hydrogen) atoms. The number of rotatable bonds is 8. The van der Waals surface area contributed by atoms with Gasteiger partial charge in [-0.15, -0.1) is 0 Å². The molecule has 190 valence electrons. The number of hydrogen-bond acceptors (Lipinski definition) is 6. The van der Waals surface area contributed by atoms with Crippen molar-refractivity contribution < 1.29 is 36.7 Å². The molecular formula is C24H22F4N4O4. The smallest absolute Gasteiger partial charge is 0.451 e. The predicted octanol–water partition coefficient (Wildman–Crippen LogP) is 4.69. The predicted molar refractivity (Wildman–Crippen MR) is 120 cm³/mol. The third kappa shape index (κ3) is 6.13. The van der Waals surface area contributed by atoms with Gasteiger partial charge in [-0.3, -0.25) is 14.6 Å². The molecule has 2 N–H and O–H groups in total. The fourth-order valence-corrected chi connectivity index (χ4v) is 3.32. The van der Waals surface area contributed by atoms with E-state index in [1.165, 1.54) is 51.2 Å². The van der Waals surface area contributed by atoms with Gasteiger partial charge in [-0.1, -0.05) is 6.92 Å². The Labute approximate surface area is 203 Å². The van der Waals surface area contributed by atoms with Crippen LogP contribution >= 0.6 is 0 Å². The number of nitrogens with zero attached hydrogens (tertiary/aromatic N) is 2. The van der Waals surface area contributed by atoms with Crippen molar-refractivity contribution in [3.8, 4) is 5.75 Å². The molecule has 3 aromatic rings. The Morgan fingerprint density at radius 2 is 1.78 bits per heavy atom. The molecule has 0 radical (unpaired) electrons. The number of hydrogen-bond donors (Lipinski definition) is 2. The van der Waals surface area contributed by atoms with E-state index in [0.29, 0.717) is 5.69 Å². The van der Waals surface area contributed by atoms with Gasteiger partial charge in [0, 0.05) is 25.0 Å². The summed E-state index contributed by atoms with van der Waals surface area (Å²) in [6.45, 7) is 3.92. The Bertz CT molecular complexity index is 1220. The number of aromatic nitrogens is 2. The van der Waals surface area contributed by atoms with Gasteiger partial charge in [0.2, 0.25) is 5.91 Å². The molecule has 0 fully saturated rings. The van der Waals surface area contributed by atoms with Crippen LogP contribution in [0.4, 0.5) is 23.4 Å². The van der Waals surface area contributed by atoms with Crippen molar-refractivity contribution >= 4 is 17.6 Å². The average molecular weight is 506 g/mol. The Balaban J connectivity index is 2.08. The summed E-state index contributed by atoms with van der Waals surface area (Å²) in [4.78, 5) is 36.9.